The molecule has 0 aliphatic rings. The van der Waals surface area contributed by atoms with Gasteiger partial charge in [-0.1, -0.05) is 6.07 Å². The van der Waals surface area contributed by atoms with Gasteiger partial charge >= 0.3 is 5.97 Å². The molecule has 4 N–H and O–H groups in total. The maximum Gasteiger partial charge on any atom is 0.326 e. The molecule has 19 heavy (non-hydrogen) atoms. The molecule has 0 saturated carbocycles. The summed E-state index contributed by atoms with van der Waals surface area (Å²) in [7, 11) is 0. The van der Waals surface area contributed by atoms with Gasteiger partial charge in [0.15, 0.2) is 0 Å². The quantitative estimate of drug-likeness (QED) is 0.536. The van der Waals surface area contributed by atoms with Crippen LogP contribution in [0.15, 0.2) is 17.5 Å². The van der Waals surface area contributed by atoms with Crippen LogP contribution in [0.1, 0.15) is 16.1 Å². The van der Waals surface area contributed by atoms with Crippen molar-refractivity contribution in [1.82, 2.24) is 10.6 Å². The zero-order valence-electron chi connectivity index (χ0n) is 9.96. The topological polar surface area (TPSA) is 116 Å². The number of rotatable bonds is 7. The lowest BCUT2D eigenvalue weighted by atomic mass is 10.2. The number of amides is 2. The van der Waals surface area contributed by atoms with Crippen LogP contribution in [0.25, 0.3) is 0 Å². The maximum atomic E-state index is 11.5. The fourth-order valence-corrected chi connectivity index (χ4v) is 1.93. The Labute approximate surface area is 113 Å². The van der Waals surface area contributed by atoms with Crippen LogP contribution < -0.4 is 10.6 Å². The summed E-state index contributed by atoms with van der Waals surface area (Å²) in [5, 5.41) is 23.7. The number of nitrogens with one attached hydrogen (secondary N) is 2. The van der Waals surface area contributed by atoms with E-state index in [4.69, 9.17) is 10.2 Å². The van der Waals surface area contributed by atoms with E-state index in [-0.39, 0.29) is 25.5 Å². The number of hydrogen-bond acceptors (Lipinski definition) is 5. The Kier molecular flexibility index (Phi) is 5.97. The summed E-state index contributed by atoms with van der Waals surface area (Å²) in [5.41, 5.74) is 0. The molecule has 2 amide bonds. The zero-order chi connectivity index (χ0) is 14.3. The molecule has 1 heterocycles. The highest BCUT2D eigenvalue weighted by atomic mass is 32.1. The third kappa shape index (κ3) is 5.06. The van der Waals surface area contributed by atoms with E-state index in [1.54, 1.807) is 17.5 Å². The molecular weight excluding hydrogens is 272 g/mol. The Morgan fingerprint density at radius 1 is 1.37 bits per heavy atom. The summed E-state index contributed by atoms with van der Waals surface area (Å²) < 4.78 is 0. The van der Waals surface area contributed by atoms with E-state index in [0.717, 1.165) is 0 Å². The molecule has 0 aromatic carbocycles. The van der Waals surface area contributed by atoms with Crippen LogP contribution in [-0.4, -0.2) is 47.2 Å². The average Bonchev–Trinajstić information content (AvgIpc) is 2.89. The first-order valence-corrected chi connectivity index (χ1v) is 6.37. The number of carboxylic acid groups (broad SMARTS) is 1. The number of carbonyl (C=O) groups is 3. The summed E-state index contributed by atoms with van der Waals surface area (Å²) in [6.45, 7) is -0.662. The molecule has 1 atom stereocenters. The lowest BCUT2D eigenvalue weighted by Crippen LogP contribution is -2.45. The van der Waals surface area contributed by atoms with Gasteiger partial charge in [-0.25, -0.2) is 4.79 Å². The predicted molar refractivity (Wildman–Crippen MR) is 67.9 cm³/mol. The molecule has 8 heteroatoms. The monoisotopic (exact) mass is 286 g/mol. The number of carbonyl (C=O) groups excluding carboxylic acids is 2. The first-order chi connectivity index (χ1) is 9.04. The van der Waals surface area contributed by atoms with Gasteiger partial charge in [0.05, 0.1) is 11.4 Å². The second kappa shape index (κ2) is 7.49. The Morgan fingerprint density at radius 3 is 2.63 bits per heavy atom. The minimum atomic E-state index is -1.23. The summed E-state index contributed by atoms with van der Waals surface area (Å²) in [5.74, 6) is -2.24. The maximum absolute atomic E-state index is 11.5. The number of aliphatic hydroxyl groups is 1. The van der Waals surface area contributed by atoms with Crippen molar-refractivity contribution in [3.8, 4) is 0 Å². The molecule has 104 valence electrons. The van der Waals surface area contributed by atoms with Crippen LogP contribution in [0.3, 0.4) is 0 Å². The van der Waals surface area contributed by atoms with Crippen LogP contribution in [-0.2, 0) is 9.59 Å². The van der Waals surface area contributed by atoms with Crippen LogP contribution >= 0.6 is 11.3 Å². The zero-order valence-corrected chi connectivity index (χ0v) is 10.8. The third-order valence-electron chi connectivity index (χ3n) is 2.21. The predicted octanol–water partition coefficient (Wildman–Crippen LogP) is -0.570. The average molecular weight is 286 g/mol. The second-order valence-corrected chi connectivity index (χ2v) is 4.58. The lowest BCUT2D eigenvalue weighted by molar-refractivity contribution is -0.142. The highest BCUT2D eigenvalue weighted by Gasteiger charge is 2.19. The van der Waals surface area contributed by atoms with Crippen LogP contribution in [0.5, 0.6) is 0 Å². The van der Waals surface area contributed by atoms with Crippen LogP contribution in [0, 0.1) is 0 Å². The molecule has 1 aromatic heterocycles. The van der Waals surface area contributed by atoms with E-state index >= 15 is 0 Å². The standard InChI is InChI=1S/C11H14N2O5S/c14-4-3-7(11(17)18)13-9(15)6-12-10(16)8-2-1-5-19-8/h1-2,5,7,14H,3-4,6H2,(H,12,16)(H,13,15)(H,17,18)/t7-/m0/s1. The molecule has 0 unspecified atom stereocenters. The highest BCUT2D eigenvalue weighted by Crippen LogP contribution is 2.07. The number of aliphatic carboxylic acids is 1. The van der Waals surface area contributed by atoms with Gasteiger partial charge in [0.1, 0.15) is 6.04 Å². The van der Waals surface area contributed by atoms with Gasteiger partial charge in [-0.15, -0.1) is 11.3 Å². The van der Waals surface area contributed by atoms with Crippen molar-refractivity contribution in [3.63, 3.8) is 0 Å². The summed E-state index contributed by atoms with van der Waals surface area (Å²) in [4.78, 5) is 34.2. The molecule has 0 bridgehead atoms. The molecule has 7 nitrogen and oxygen atoms in total. The van der Waals surface area contributed by atoms with Gasteiger partial charge in [-0.2, -0.15) is 0 Å². The van der Waals surface area contributed by atoms with Crippen molar-refractivity contribution < 1.29 is 24.6 Å². The minimum Gasteiger partial charge on any atom is -0.480 e. The first-order valence-electron chi connectivity index (χ1n) is 5.49. The van der Waals surface area contributed by atoms with E-state index in [1.165, 1.54) is 11.3 Å². The van der Waals surface area contributed by atoms with Crippen molar-refractivity contribution in [1.29, 1.82) is 0 Å². The summed E-state index contributed by atoms with van der Waals surface area (Å²) in [6.07, 6.45) is -0.0834. The van der Waals surface area contributed by atoms with Crippen molar-refractivity contribution in [2.75, 3.05) is 13.2 Å². The molecule has 0 saturated heterocycles. The van der Waals surface area contributed by atoms with Crippen LogP contribution in [0.4, 0.5) is 0 Å². The van der Waals surface area contributed by atoms with Crippen molar-refractivity contribution >= 4 is 29.1 Å². The Balaban J connectivity index is 2.38. The van der Waals surface area contributed by atoms with Gasteiger partial charge < -0.3 is 20.8 Å². The Morgan fingerprint density at radius 2 is 2.11 bits per heavy atom. The second-order valence-electron chi connectivity index (χ2n) is 3.63. The molecule has 0 spiro atoms. The molecule has 0 fully saturated rings. The number of thiophene rings is 1. The molecule has 1 rings (SSSR count). The SMILES string of the molecule is O=C(CNC(=O)c1cccs1)N[C@@H](CCO)C(=O)O. The smallest absolute Gasteiger partial charge is 0.326 e. The number of hydrogen-bond donors (Lipinski definition) is 4. The molecule has 0 aliphatic carbocycles. The minimum absolute atomic E-state index is 0.0834. The van der Waals surface area contributed by atoms with Gasteiger partial charge in [0, 0.05) is 13.0 Å². The fourth-order valence-electron chi connectivity index (χ4n) is 1.29. The Hall–Kier alpha value is -1.93. The van der Waals surface area contributed by atoms with E-state index in [1.807, 2.05) is 0 Å². The number of aliphatic hydroxyl groups excluding tert-OH is 1. The van der Waals surface area contributed by atoms with Gasteiger partial charge in [0.25, 0.3) is 5.91 Å². The third-order valence-corrected chi connectivity index (χ3v) is 3.07. The van der Waals surface area contributed by atoms with E-state index in [9.17, 15) is 14.4 Å². The van der Waals surface area contributed by atoms with Gasteiger partial charge in [-0.05, 0) is 11.4 Å². The van der Waals surface area contributed by atoms with E-state index in [0.29, 0.717) is 4.88 Å². The highest BCUT2D eigenvalue weighted by molar-refractivity contribution is 7.12. The van der Waals surface area contributed by atoms with Crippen molar-refractivity contribution in [2.45, 2.75) is 12.5 Å². The largest absolute Gasteiger partial charge is 0.480 e. The van der Waals surface area contributed by atoms with Gasteiger partial charge in [-0.3, -0.25) is 9.59 Å². The van der Waals surface area contributed by atoms with Crippen molar-refractivity contribution in [2.24, 2.45) is 0 Å². The van der Waals surface area contributed by atoms with Crippen molar-refractivity contribution in [3.05, 3.63) is 22.4 Å². The fraction of sp³-hybridized carbons (Fsp3) is 0.364. The summed E-state index contributed by atoms with van der Waals surface area (Å²) >= 11 is 1.24. The Bertz CT molecular complexity index is 446. The summed E-state index contributed by atoms with van der Waals surface area (Å²) in [6, 6.07) is 2.17. The lowest BCUT2D eigenvalue weighted by Gasteiger charge is -2.13. The van der Waals surface area contributed by atoms with E-state index in [2.05, 4.69) is 10.6 Å². The molecular formula is C11H14N2O5S. The van der Waals surface area contributed by atoms with Gasteiger partial charge in [0.2, 0.25) is 5.91 Å². The number of carboxylic acids is 1. The van der Waals surface area contributed by atoms with E-state index < -0.39 is 17.9 Å². The normalized spacial score (nSPS) is 11.6. The van der Waals surface area contributed by atoms with Crippen LogP contribution in [0.2, 0.25) is 0 Å². The molecule has 0 aliphatic heterocycles. The molecule has 1 aromatic rings. The molecule has 0 radical (unpaired) electrons. The first kappa shape index (κ1) is 15.1.